The largest absolute Gasteiger partial charge is 0.299 e. The van der Waals surface area contributed by atoms with E-state index in [2.05, 4.69) is 4.98 Å². The van der Waals surface area contributed by atoms with Gasteiger partial charge in [0.2, 0.25) is 0 Å². The maximum atomic E-state index is 11.0. The molecule has 0 amide bonds. The minimum absolute atomic E-state index is 0.165. The van der Waals surface area contributed by atoms with Crippen LogP contribution in [0.5, 0.6) is 0 Å². The van der Waals surface area contributed by atoms with Crippen molar-refractivity contribution in [1.82, 2.24) is 9.38 Å². The van der Waals surface area contributed by atoms with Crippen molar-refractivity contribution in [3.8, 4) is 0 Å². The van der Waals surface area contributed by atoms with Crippen LogP contribution in [-0.4, -0.2) is 15.7 Å². The molecule has 0 N–H and O–H groups in total. The van der Waals surface area contributed by atoms with Crippen molar-refractivity contribution in [2.75, 3.05) is 0 Å². The van der Waals surface area contributed by atoms with Crippen molar-refractivity contribution in [3.05, 3.63) is 40.8 Å². The monoisotopic (exact) mass is 248 g/mol. The molecule has 0 spiro atoms. The van der Waals surface area contributed by atoms with Gasteiger partial charge in [-0.25, -0.2) is 4.98 Å². The highest BCUT2D eigenvalue weighted by molar-refractivity contribution is 6.31. The number of pyridine rings is 1. The summed E-state index contributed by atoms with van der Waals surface area (Å²) in [5.74, 6) is 0.165. The third-order valence-electron chi connectivity index (χ3n) is 2.63. The number of aromatic nitrogens is 2. The second kappa shape index (κ2) is 4.72. The molecule has 0 saturated carbocycles. The predicted octanol–water partition coefficient (Wildman–Crippen LogP) is 3.23. The molecule has 0 fully saturated rings. The van der Waals surface area contributed by atoms with E-state index in [1.54, 1.807) is 6.08 Å². The third-order valence-corrected chi connectivity index (χ3v) is 2.91. The Labute approximate surface area is 105 Å². The van der Waals surface area contributed by atoms with Crippen LogP contribution >= 0.6 is 11.6 Å². The molecule has 2 aromatic heterocycles. The number of aldehydes is 1. The molecule has 0 bridgehead atoms. The number of nitrogens with zero attached hydrogens (tertiary/aromatic N) is 2. The van der Waals surface area contributed by atoms with E-state index < -0.39 is 0 Å². The van der Waals surface area contributed by atoms with Crippen LogP contribution in [0.15, 0.2) is 30.0 Å². The fourth-order valence-electron chi connectivity index (χ4n) is 1.61. The quantitative estimate of drug-likeness (QED) is 0.617. The molecule has 0 aliphatic heterocycles. The number of fused-ring (bicyclic) bond motifs is 1. The number of hydrogen-bond donors (Lipinski definition) is 0. The van der Waals surface area contributed by atoms with E-state index in [1.165, 1.54) is 0 Å². The van der Waals surface area contributed by atoms with Crippen molar-refractivity contribution >= 4 is 29.6 Å². The highest BCUT2D eigenvalue weighted by Crippen LogP contribution is 2.21. The van der Waals surface area contributed by atoms with E-state index in [0.717, 1.165) is 17.6 Å². The van der Waals surface area contributed by atoms with E-state index in [0.29, 0.717) is 10.7 Å². The second-order valence-corrected chi connectivity index (χ2v) is 4.49. The fraction of sp³-hybridized carbons (Fsp3) is 0.231. The van der Waals surface area contributed by atoms with E-state index in [1.807, 2.05) is 42.6 Å². The van der Waals surface area contributed by atoms with Crippen LogP contribution in [0.25, 0.3) is 11.7 Å². The summed E-state index contributed by atoms with van der Waals surface area (Å²) >= 11 is 6.08. The Hall–Kier alpha value is -1.61. The Balaban J connectivity index is 2.62. The normalized spacial score (nSPS) is 12.4. The number of allylic oxidation sites excluding steroid dienone is 1. The van der Waals surface area contributed by atoms with Gasteiger partial charge in [0.15, 0.2) is 5.15 Å². The molecule has 3 nitrogen and oxygen atoms in total. The zero-order valence-corrected chi connectivity index (χ0v) is 10.5. The van der Waals surface area contributed by atoms with Gasteiger partial charge in [-0.1, -0.05) is 31.5 Å². The lowest BCUT2D eigenvalue weighted by atomic mass is 10.0. The molecule has 2 heterocycles. The number of hydrogen-bond acceptors (Lipinski definition) is 2. The van der Waals surface area contributed by atoms with Crippen molar-refractivity contribution in [2.45, 2.75) is 13.8 Å². The van der Waals surface area contributed by atoms with Gasteiger partial charge in [0.05, 0.1) is 5.69 Å². The third kappa shape index (κ3) is 2.24. The Kier molecular flexibility index (Phi) is 3.29. The molecular weight excluding hydrogens is 236 g/mol. The number of imidazole rings is 1. The van der Waals surface area contributed by atoms with Gasteiger partial charge in [-0.15, -0.1) is 0 Å². The summed E-state index contributed by atoms with van der Waals surface area (Å²) in [7, 11) is 0. The fourth-order valence-corrected chi connectivity index (χ4v) is 1.84. The van der Waals surface area contributed by atoms with Crippen LogP contribution in [-0.2, 0) is 4.79 Å². The molecule has 0 aliphatic rings. The lowest BCUT2D eigenvalue weighted by molar-refractivity contribution is -0.105. The number of rotatable bonds is 3. The van der Waals surface area contributed by atoms with E-state index in [-0.39, 0.29) is 5.92 Å². The van der Waals surface area contributed by atoms with Crippen molar-refractivity contribution in [2.24, 2.45) is 5.92 Å². The van der Waals surface area contributed by atoms with E-state index in [4.69, 9.17) is 11.6 Å². The maximum Gasteiger partial charge on any atom is 0.155 e. The first-order chi connectivity index (χ1) is 8.13. The zero-order valence-electron chi connectivity index (χ0n) is 9.72. The van der Waals surface area contributed by atoms with Gasteiger partial charge in [-0.2, -0.15) is 0 Å². The van der Waals surface area contributed by atoms with Crippen molar-refractivity contribution < 1.29 is 4.79 Å². The van der Waals surface area contributed by atoms with Gasteiger partial charge in [0.1, 0.15) is 11.9 Å². The SMILES string of the molecule is CC(C)C(C=O)=Cc1c(Cl)nc2ccccn12. The molecule has 0 atom stereocenters. The smallest absolute Gasteiger partial charge is 0.155 e. The zero-order chi connectivity index (χ0) is 12.4. The highest BCUT2D eigenvalue weighted by atomic mass is 35.5. The summed E-state index contributed by atoms with van der Waals surface area (Å²) in [4.78, 5) is 15.2. The first-order valence-electron chi connectivity index (χ1n) is 5.43. The molecule has 88 valence electrons. The van der Waals surface area contributed by atoms with Crippen molar-refractivity contribution in [1.29, 1.82) is 0 Å². The number of carbonyl (C=O) groups excluding carboxylic acids is 1. The second-order valence-electron chi connectivity index (χ2n) is 4.13. The predicted molar refractivity (Wildman–Crippen MR) is 69.1 cm³/mol. The molecule has 2 aromatic rings. The molecule has 0 saturated heterocycles. The minimum Gasteiger partial charge on any atom is -0.299 e. The van der Waals surface area contributed by atoms with Gasteiger partial charge in [-0.3, -0.25) is 9.20 Å². The molecule has 0 aliphatic carbocycles. The Morgan fingerprint density at radius 2 is 2.24 bits per heavy atom. The Morgan fingerprint density at radius 1 is 1.47 bits per heavy atom. The van der Waals surface area contributed by atoms with Crippen LogP contribution in [0.1, 0.15) is 19.5 Å². The Morgan fingerprint density at radius 3 is 2.88 bits per heavy atom. The summed E-state index contributed by atoms with van der Waals surface area (Å²) in [6.07, 6.45) is 4.53. The summed E-state index contributed by atoms with van der Waals surface area (Å²) in [5, 5.41) is 0.413. The van der Waals surface area contributed by atoms with E-state index >= 15 is 0 Å². The number of halogens is 1. The van der Waals surface area contributed by atoms with Crippen LogP contribution in [0.4, 0.5) is 0 Å². The molecule has 4 heteroatoms. The van der Waals surface area contributed by atoms with Gasteiger partial charge in [0, 0.05) is 6.20 Å². The maximum absolute atomic E-state index is 11.0. The first kappa shape index (κ1) is 11.9. The molecular formula is C13H13ClN2O. The van der Waals surface area contributed by atoms with Gasteiger partial charge in [-0.05, 0) is 29.7 Å². The van der Waals surface area contributed by atoms with Crippen LogP contribution < -0.4 is 0 Å². The van der Waals surface area contributed by atoms with E-state index in [9.17, 15) is 4.79 Å². The molecule has 0 aromatic carbocycles. The van der Waals surface area contributed by atoms with Gasteiger partial charge in [0.25, 0.3) is 0 Å². The topological polar surface area (TPSA) is 34.4 Å². The number of carbonyl (C=O) groups is 1. The summed E-state index contributed by atoms with van der Waals surface area (Å²) in [6, 6.07) is 5.67. The molecule has 2 rings (SSSR count). The standard InChI is InChI=1S/C13H13ClN2O/c1-9(2)10(8-17)7-11-13(14)15-12-5-3-4-6-16(11)12/h3-9H,1-2H3. The van der Waals surface area contributed by atoms with Crippen molar-refractivity contribution in [3.63, 3.8) is 0 Å². The molecule has 0 radical (unpaired) electrons. The lowest BCUT2D eigenvalue weighted by Gasteiger charge is -2.03. The summed E-state index contributed by atoms with van der Waals surface area (Å²) in [6.45, 7) is 3.94. The van der Waals surface area contributed by atoms with Gasteiger partial charge >= 0.3 is 0 Å². The average Bonchev–Trinajstić information content (AvgIpc) is 2.61. The van der Waals surface area contributed by atoms with Crippen LogP contribution in [0.3, 0.4) is 0 Å². The molecule has 0 unspecified atom stereocenters. The summed E-state index contributed by atoms with van der Waals surface area (Å²) in [5.41, 5.74) is 2.23. The van der Waals surface area contributed by atoms with Gasteiger partial charge < -0.3 is 0 Å². The Bertz CT molecular complexity index is 584. The van der Waals surface area contributed by atoms with Crippen LogP contribution in [0.2, 0.25) is 5.15 Å². The lowest BCUT2D eigenvalue weighted by Crippen LogP contribution is -1.96. The van der Waals surface area contributed by atoms with Crippen LogP contribution in [0, 0.1) is 5.92 Å². The average molecular weight is 249 g/mol. The minimum atomic E-state index is 0.165. The molecule has 17 heavy (non-hydrogen) atoms. The first-order valence-corrected chi connectivity index (χ1v) is 5.80. The highest BCUT2D eigenvalue weighted by Gasteiger charge is 2.10. The summed E-state index contributed by atoms with van der Waals surface area (Å²) < 4.78 is 1.87.